The van der Waals surface area contributed by atoms with Crippen molar-refractivity contribution in [2.45, 2.75) is 94.3 Å². The van der Waals surface area contributed by atoms with Crippen LogP contribution in [0.3, 0.4) is 0 Å². The van der Waals surface area contributed by atoms with Gasteiger partial charge in [-0.1, -0.05) is 13.2 Å². The van der Waals surface area contributed by atoms with E-state index in [2.05, 4.69) is 13.2 Å². The van der Waals surface area contributed by atoms with Crippen molar-refractivity contribution >= 4 is 23.5 Å². The second-order valence-corrected chi connectivity index (χ2v) is 14.3. The number of aliphatic hydroxyl groups excluding tert-OH is 4. The quantitative estimate of drug-likeness (QED) is 0.176. The standard InChI is InChI=1S/C36H44O13/c1-16-9-24(39)27-22(13-37)7-5-20(11-35(16,27)45)18(3)32(43)48-31-26(14-38)47-34(30(42)29(31)41)46-15-23-8-6-21-12-36(49-33(44)19(21)4)17(2)10-25(40)28(23)36/h9-10,20-22,26-27,29-31,34,37-38,41-42,45H,3-8,11-15H2,1-2H3/t20-,21+,22+,26-,27-,29+,30+,31+,34+,35-,36-/m1/s1. The highest BCUT2D eigenvalue weighted by Crippen LogP contribution is 2.52. The minimum atomic E-state index is -1.76. The first-order chi connectivity index (χ1) is 23.2. The fourth-order valence-electron chi connectivity index (χ4n) is 8.69. The van der Waals surface area contributed by atoms with Gasteiger partial charge in [-0.15, -0.1) is 0 Å². The Morgan fingerprint density at radius 2 is 1.76 bits per heavy atom. The molecule has 13 nitrogen and oxygen atoms in total. The van der Waals surface area contributed by atoms with Crippen LogP contribution in [0.5, 0.6) is 0 Å². The summed E-state index contributed by atoms with van der Waals surface area (Å²) >= 11 is 0. The molecule has 0 unspecified atom stereocenters. The summed E-state index contributed by atoms with van der Waals surface area (Å²) in [6.45, 7) is 9.88. The lowest BCUT2D eigenvalue weighted by Gasteiger charge is -2.41. The SMILES string of the molecule is C=C(C(=O)O[C@@H]1[C@@H](O)[C@H](O)[C@@H](OCC2=C3C(=O)C=C(C)[C@]34C[C@H](CC2)C(=C)C(=O)O4)O[C@@H]1CO)[C@@H]1CC[C@@H](CO)[C@@H]2C(=O)C=C(C)[C@]2(O)C1. The summed E-state index contributed by atoms with van der Waals surface area (Å²) in [4.78, 5) is 51.9. The van der Waals surface area contributed by atoms with Gasteiger partial charge < -0.3 is 44.5 Å². The van der Waals surface area contributed by atoms with Gasteiger partial charge in [0, 0.05) is 29.7 Å². The molecule has 6 aliphatic rings. The number of ether oxygens (including phenoxy) is 4. The number of ketones is 2. The number of fused-ring (bicyclic) bond motifs is 2. The molecular weight excluding hydrogens is 640 g/mol. The Labute approximate surface area is 283 Å². The number of allylic oxidation sites excluding steroid dienone is 2. The minimum Gasteiger partial charge on any atom is -0.453 e. The average Bonchev–Trinajstić information content (AvgIpc) is 3.27. The molecule has 2 heterocycles. The maximum absolute atomic E-state index is 13.4. The van der Waals surface area contributed by atoms with E-state index in [0.29, 0.717) is 60.0 Å². The topological polar surface area (TPSA) is 206 Å². The third-order valence-corrected chi connectivity index (χ3v) is 11.6. The van der Waals surface area contributed by atoms with Gasteiger partial charge in [0.05, 0.1) is 24.7 Å². The molecule has 3 fully saturated rings. The number of hydrogen-bond acceptors (Lipinski definition) is 13. The van der Waals surface area contributed by atoms with Crippen LogP contribution in [0.15, 0.2) is 58.7 Å². The van der Waals surface area contributed by atoms with Gasteiger partial charge in [0.2, 0.25) is 0 Å². The van der Waals surface area contributed by atoms with E-state index in [-0.39, 0.29) is 42.7 Å². The largest absolute Gasteiger partial charge is 0.453 e. The van der Waals surface area contributed by atoms with Crippen molar-refractivity contribution in [3.8, 4) is 0 Å². The van der Waals surface area contributed by atoms with Crippen molar-refractivity contribution < 1.29 is 63.7 Å². The lowest BCUT2D eigenvalue weighted by molar-refractivity contribution is -0.301. The highest BCUT2D eigenvalue weighted by molar-refractivity contribution is 6.11. The molecule has 11 atom stereocenters. The fourth-order valence-corrected chi connectivity index (χ4v) is 8.69. The lowest BCUT2D eigenvalue weighted by Crippen LogP contribution is -2.60. The molecule has 1 saturated carbocycles. The second kappa shape index (κ2) is 13.1. The number of hydrogen-bond donors (Lipinski definition) is 5. The van der Waals surface area contributed by atoms with Gasteiger partial charge in [0.1, 0.15) is 18.3 Å². The normalized spacial score (nSPS) is 40.5. The Hall–Kier alpha value is -3.30. The van der Waals surface area contributed by atoms with Crippen LogP contribution in [0.4, 0.5) is 0 Å². The monoisotopic (exact) mass is 684 g/mol. The van der Waals surface area contributed by atoms with Crippen LogP contribution in [0, 0.1) is 23.7 Å². The Balaban J connectivity index is 1.14. The summed E-state index contributed by atoms with van der Waals surface area (Å²) in [5.41, 5.74) is -0.613. The molecule has 0 amide bonds. The maximum atomic E-state index is 13.4. The van der Waals surface area contributed by atoms with Gasteiger partial charge in [-0.2, -0.15) is 0 Å². The van der Waals surface area contributed by atoms with Gasteiger partial charge in [-0.3, -0.25) is 9.59 Å². The average molecular weight is 685 g/mol. The number of esters is 2. The molecule has 0 aromatic heterocycles. The molecule has 2 bridgehead atoms. The summed E-state index contributed by atoms with van der Waals surface area (Å²) in [6, 6.07) is 0. The van der Waals surface area contributed by atoms with Crippen molar-refractivity contribution in [1.82, 2.24) is 0 Å². The molecule has 13 heteroatoms. The molecule has 4 aliphatic carbocycles. The van der Waals surface area contributed by atoms with Crippen LogP contribution >= 0.6 is 0 Å². The number of carbonyl (C=O) groups excluding carboxylic acids is 4. The van der Waals surface area contributed by atoms with Crippen molar-refractivity contribution in [3.63, 3.8) is 0 Å². The fraction of sp³-hybridized carbons (Fsp3) is 0.611. The van der Waals surface area contributed by atoms with E-state index in [1.165, 1.54) is 12.2 Å². The van der Waals surface area contributed by atoms with E-state index in [9.17, 15) is 44.7 Å². The molecule has 0 aromatic carbocycles. The Bertz CT molecular complexity index is 1570. The molecule has 49 heavy (non-hydrogen) atoms. The molecule has 2 aliphatic heterocycles. The molecule has 266 valence electrons. The molecule has 0 aromatic rings. The van der Waals surface area contributed by atoms with Gasteiger partial charge in [0.25, 0.3) is 0 Å². The molecule has 5 N–H and O–H groups in total. The predicted octanol–water partition coefficient (Wildman–Crippen LogP) is 0.672. The van der Waals surface area contributed by atoms with Crippen LogP contribution in [-0.2, 0) is 38.1 Å². The van der Waals surface area contributed by atoms with Gasteiger partial charge in [0.15, 0.2) is 29.6 Å². The zero-order chi connectivity index (χ0) is 35.6. The number of aliphatic hydroxyl groups is 5. The first-order valence-corrected chi connectivity index (χ1v) is 16.7. The third-order valence-electron chi connectivity index (χ3n) is 11.6. The molecule has 6 rings (SSSR count). The summed E-state index contributed by atoms with van der Waals surface area (Å²) in [5.74, 6) is -4.28. The first kappa shape index (κ1) is 35.5. The molecule has 1 spiro atoms. The van der Waals surface area contributed by atoms with Crippen LogP contribution in [0.1, 0.15) is 52.4 Å². The van der Waals surface area contributed by atoms with Gasteiger partial charge >= 0.3 is 11.9 Å². The van der Waals surface area contributed by atoms with E-state index >= 15 is 0 Å². The van der Waals surface area contributed by atoms with Crippen LogP contribution in [0.25, 0.3) is 0 Å². The first-order valence-electron chi connectivity index (χ1n) is 16.7. The number of carbonyl (C=O) groups is 4. The lowest BCUT2D eigenvalue weighted by atomic mass is 9.75. The molecular formula is C36H44O13. The van der Waals surface area contributed by atoms with Crippen LogP contribution in [0.2, 0.25) is 0 Å². The van der Waals surface area contributed by atoms with E-state index < -0.39 is 78.2 Å². The van der Waals surface area contributed by atoms with Gasteiger partial charge in [-0.05, 0) is 92.6 Å². The second-order valence-electron chi connectivity index (χ2n) is 14.3. The smallest absolute Gasteiger partial charge is 0.334 e. The highest BCUT2D eigenvalue weighted by Gasteiger charge is 2.56. The van der Waals surface area contributed by atoms with E-state index in [1.54, 1.807) is 13.8 Å². The number of rotatable bonds is 8. The molecule has 2 saturated heterocycles. The Morgan fingerprint density at radius 1 is 1.02 bits per heavy atom. The summed E-state index contributed by atoms with van der Waals surface area (Å²) < 4.78 is 23.1. The van der Waals surface area contributed by atoms with Crippen LogP contribution < -0.4 is 0 Å². The van der Waals surface area contributed by atoms with Crippen molar-refractivity contribution in [1.29, 1.82) is 0 Å². The van der Waals surface area contributed by atoms with E-state index in [4.69, 9.17) is 18.9 Å². The van der Waals surface area contributed by atoms with Gasteiger partial charge in [-0.25, -0.2) is 9.59 Å². The molecule has 0 radical (unpaired) electrons. The summed E-state index contributed by atoms with van der Waals surface area (Å²) in [6.07, 6.45) is -3.09. The zero-order valence-corrected chi connectivity index (χ0v) is 27.6. The van der Waals surface area contributed by atoms with E-state index in [0.717, 1.165) is 0 Å². The maximum Gasteiger partial charge on any atom is 0.334 e. The Kier molecular flexibility index (Phi) is 9.50. The third kappa shape index (κ3) is 5.78. The summed E-state index contributed by atoms with van der Waals surface area (Å²) in [5, 5.41) is 53.8. The predicted molar refractivity (Wildman–Crippen MR) is 169 cm³/mol. The minimum absolute atomic E-state index is 0.00735. The van der Waals surface area contributed by atoms with Crippen molar-refractivity contribution in [3.05, 3.63) is 58.7 Å². The summed E-state index contributed by atoms with van der Waals surface area (Å²) in [7, 11) is 0. The van der Waals surface area contributed by atoms with E-state index in [1.807, 2.05) is 0 Å². The van der Waals surface area contributed by atoms with Crippen LogP contribution in [-0.4, -0.2) is 111 Å². The van der Waals surface area contributed by atoms with Crippen molar-refractivity contribution in [2.75, 3.05) is 19.8 Å². The highest BCUT2D eigenvalue weighted by atomic mass is 16.7. The Morgan fingerprint density at radius 3 is 2.45 bits per heavy atom. The van der Waals surface area contributed by atoms with Crippen molar-refractivity contribution in [2.24, 2.45) is 23.7 Å². The zero-order valence-electron chi connectivity index (χ0n) is 27.6.